The molecule has 0 aliphatic carbocycles. The van der Waals surface area contributed by atoms with E-state index >= 15 is 0 Å². The van der Waals surface area contributed by atoms with Gasteiger partial charge >= 0.3 is 0 Å². The molecule has 0 aliphatic rings. The zero-order valence-corrected chi connectivity index (χ0v) is 24.1. The summed E-state index contributed by atoms with van der Waals surface area (Å²) >= 11 is 0. The van der Waals surface area contributed by atoms with E-state index in [1.165, 1.54) is 6.08 Å². The Bertz CT molecular complexity index is 1450. The molecule has 1 atom stereocenters. The molecule has 2 aromatic carbocycles. The van der Waals surface area contributed by atoms with Crippen molar-refractivity contribution in [2.24, 2.45) is 7.05 Å². The quantitative estimate of drug-likeness (QED) is 0.242. The molecule has 0 aliphatic heterocycles. The molecule has 4 rings (SSSR count). The zero-order chi connectivity index (χ0) is 29.2. The summed E-state index contributed by atoms with van der Waals surface area (Å²) in [6.45, 7) is 3.04. The van der Waals surface area contributed by atoms with Crippen molar-refractivity contribution in [2.45, 2.75) is 25.9 Å². The average molecular weight is 552 g/mol. The number of methoxy groups -OCH3 is 1. The SMILES string of the molecule is COCCN(C)C(=O)C(Cc1ccccc1)N(Cc1ccc(-c2ccccn2)cc1)C(=O)C=Cc1cnn(C)c1C. The van der Waals surface area contributed by atoms with E-state index in [1.807, 2.05) is 86.8 Å². The van der Waals surface area contributed by atoms with E-state index in [-0.39, 0.29) is 18.4 Å². The molecule has 212 valence electrons. The predicted octanol–water partition coefficient (Wildman–Crippen LogP) is 4.55. The van der Waals surface area contributed by atoms with Crippen LogP contribution in [-0.4, -0.2) is 69.7 Å². The Morgan fingerprint density at radius 2 is 1.73 bits per heavy atom. The molecule has 41 heavy (non-hydrogen) atoms. The number of pyridine rings is 1. The topological polar surface area (TPSA) is 80.6 Å². The first-order chi connectivity index (χ1) is 19.9. The first-order valence-corrected chi connectivity index (χ1v) is 13.6. The lowest BCUT2D eigenvalue weighted by Crippen LogP contribution is -2.51. The molecule has 1 unspecified atom stereocenters. The summed E-state index contributed by atoms with van der Waals surface area (Å²) in [7, 11) is 5.22. The van der Waals surface area contributed by atoms with Gasteiger partial charge in [0.2, 0.25) is 11.8 Å². The van der Waals surface area contributed by atoms with Crippen LogP contribution in [0.4, 0.5) is 0 Å². The zero-order valence-electron chi connectivity index (χ0n) is 24.1. The molecule has 4 aromatic rings. The monoisotopic (exact) mass is 551 g/mol. The van der Waals surface area contributed by atoms with Crippen LogP contribution in [0.15, 0.2) is 91.3 Å². The van der Waals surface area contributed by atoms with E-state index < -0.39 is 6.04 Å². The van der Waals surface area contributed by atoms with Gasteiger partial charge in [-0.15, -0.1) is 0 Å². The van der Waals surface area contributed by atoms with Crippen molar-refractivity contribution in [1.29, 1.82) is 0 Å². The molecule has 0 fully saturated rings. The standard InChI is InChI=1S/C33H37N5O3/c1-25-29(23-35-37(25)3)17-18-32(39)38(24-27-13-15-28(16-14-27)30-12-8-9-19-34-30)31(22-26-10-6-5-7-11-26)33(40)36(2)20-21-41-4/h5-19,23,31H,20-22,24H2,1-4H3. The smallest absolute Gasteiger partial charge is 0.247 e. The Balaban J connectivity index is 1.69. The highest BCUT2D eigenvalue weighted by atomic mass is 16.5. The number of aromatic nitrogens is 3. The van der Waals surface area contributed by atoms with E-state index in [0.29, 0.717) is 19.6 Å². The number of amides is 2. The van der Waals surface area contributed by atoms with Crippen LogP contribution in [0.2, 0.25) is 0 Å². The van der Waals surface area contributed by atoms with Gasteiger partial charge in [0.25, 0.3) is 0 Å². The van der Waals surface area contributed by atoms with Gasteiger partial charge in [-0.05, 0) is 36.3 Å². The molecule has 0 saturated carbocycles. The second-order valence-corrected chi connectivity index (χ2v) is 9.98. The Hall–Kier alpha value is -4.56. The summed E-state index contributed by atoms with van der Waals surface area (Å²) < 4.78 is 6.98. The van der Waals surface area contributed by atoms with Crippen molar-refractivity contribution >= 4 is 17.9 Å². The first kappa shape index (κ1) is 29.4. The molecule has 0 N–H and O–H groups in total. The van der Waals surface area contributed by atoms with Crippen LogP contribution in [0.3, 0.4) is 0 Å². The lowest BCUT2D eigenvalue weighted by atomic mass is 10.0. The molecule has 8 nitrogen and oxygen atoms in total. The van der Waals surface area contributed by atoms with Gasteiger partial charge in [-0.2, -0.15) is 5.10 Å². The van der Waals surface area contributed by atoms with Crippen molar-refractivity contribution in [2.75, 3.05) is 27.3 Å². The minimum Gasteiger partial charge on any atom is -0.383 e. The summed E-state index contributed by atoms with van der Waals surface area (Å²) in [4.78, 5) is 35.5. The largest absolute Gasteiger partial charge is 0.383 e. The van der Waals surface area contributed by atoms with Crippen LogP contribution < -0.4 is 0 Å². The number of carbonyl (C=O) groups excluding carboxylic acids is 2. The normalized spacial score (nSPS) is 11.9. The van der Waals surface area contributed by atoms with Gasteiger partial charge in [0.1, 0.15) is 6.04 Å². The Morgan fingerprint density at radius 1 is 1.00 bits per heavy atom. The number of carbonyl (C=O) groups is 2. The van der Waals surface area contributed by atoms with Crippen molar-refractivity contribution in [3.8, 4) is 11.3 Å². The fourth-order valence-corrected chi connectivity index (χ4v) is 4.55. The molecular formula is C33H37N5O3. The van der Waals surface area contributed by atoms with Crippen LogP contribution >= 0.6 is 0 Å². The lowest BCUT2D eigenvalue weighted by Gasteiger charge is -2.33. The molecule has 0 spiro atoms. The summed E-state index contributed by atoms with van der Waals surface area (Å²) in [6.07, 6.45) is 7.17. The van der Waals surface area contributed by atoms with Gasteiger partial charge in [0.05, 0.1) is 18.5 Å². The van der Waals surface area contributed by atoms with E-state index in [9.17, 15) is 9.59 Å². The van der Waals surface area contributed by atoms with Crippen molar-refractivity contribution < 1.29 is 14.3 Å². The third-order valence-electron chi connectivity index (χ3n) is 7.17. The number of benzene rings is 2. The van der Waals surface area contributed by atoms with Gasteiger partial charge in [0.15, 0.2) is 0 Å². The van der Waals surface area contributed by atoms with Gasteiger partial charge in [-0.25, -0.2) is 0 Å². The van der Waals surface area contributed by atoms with E-state index in [1.54, 1.807) is 47.1 Å². The number of aryl methyl sites for hydroxylation is 1. The van der Waals surface area contributed by atoms with Crippen LogP contribution in [-0.2, 0) is 34.3 Å². The van der Waals surface area contributed by atoms with Crippen molar-refractivity contribution in [3.63, 3.8) is 0 Å². The van der Waals surface area contributed by atoms with Gasteiger partial charge < -0.3 is 14.5 Å². The molecule has 2 amide bonds. The highest BCUT2D eigenvalue weighted by molar-refractivity contribution is 5.95. The van der Waals surface area contributed by atoms with Crippen LogP contribution in [0.1, 0.15) is 22.4 Å². The number of nitrogens with zero attached hydrogens (tertiary/aromatic N) is 5. The minimum atomic E-state index is -0.720. The Morgan fingerprint density at radius 3 is 2.37 bits per heavy atom. The van der Waals surface area contributed by atoms with Gasteiger partial charge in [-0.1, -0.05) is 60.7 Å². The summed E-state index contributed by atoms with van der Waals surface area (Å²) in [6, 6.07) is 22.8. The van der Waals surface area contributed by atoms with Gasteiger partial charge in [-0.3, -0.25) is 19.3 Å². The Labute approximate surface area is 241 Å². The Kier molecular flexibility index (Phi) is 10.2. The van der Waals surface area contributed by atoms with Crippen LogP contribution in [0, 0.1) is 6.92 Å². The highest BCUT2D eigenvalue weighted by Gasteiger charge is 2.31. The maximum atomic E-state index is 13.9. The number of hydrogen-bond acceptors (Lipinski definition) is 5. The minimum absolute atomic E-state index is 0.143. The molecule has 0 bridgehead atoms. The fourth-order valence-electron chi connectivity index (χ4n) is 4.55. The molecule has 8 heteroatoms. The maximum Gasteiger partial charge on any atom is 0.247 e. The molecule has 0 saturated heterocycles. The maximum absolute atomic E-state index is 13.9. The molecule has 0 radical (unpaired) electrons. The van der Waals surface area contributed by atoms with E-state index in [0.717, 1.165) is 33.6 Å². The number of rotatable bonds is 12. The van der Waals surface area contributed by atoms with Crippen LogP contribution in [0.5, 0.6) is 0 Å². The predicted molar refractivity (Wildman–Crippen MR) is 161 cm³/mol. The average Bonchev–Trinajstić information content (AvgIpc) is 3.33. The van der Waals surface area contributed by atoms with Crippen molar-refractivity contribution in [1.82, 2.24) is 24.6 Å². The molecule has 2 heterocycles. The van der Waals surface area contributed by atoms with Gasteiger partial charge in [0, 0.05) is 69.8 Å². The highest BCUT2D eigenvalue weighted by Crippen LogP contribution is 2.21. The second-order valence-electron chi connectivity index (χ2n) is 9.98. The molecule has 2 aromatic heterocycles. The lowest BCUT2D eigenvalue weighted by molar-refractivity contribution is -0.143. The number of likely N-dealkylation sites (N-methyl/N-ethyl adjacent to an activating group) is 1. The molecular weight excluding hydrogens is 514 g/mol. The van der Waals surface area contributed by atoms with Crippen molar-refractivity contribution in [3.05, 3.63) is 114 Å². The van der Waals surface area contributed by atoms with E-state index in [2.05, 4.69) is 10.1 Å². The van der Waals surface area contributed by atoms with Crippen LogP contribution in [0.25, 0.3) is 17.3 Å². The third kappa shape index (κ3) is 7.77. The fraction of sp³-hybridized carbons (Fsp3) is 0.273. The van der Waals surface area contributed by atoms with E-state index in [4.69, 9.17) is 4.74 Å². The second kappa shape index (κ2) is 14.2. The summed E-state index contributed by atoms with van der Waals surface area (Å²) in [5.41, 5.74) is 5.54. The number of hydrogen-bond donors (Lipinski definition) is 0. The summed E-state index contributed by atoms with van der Waals surface area (Å²) in [5.74, 6) is -0.396. The first-order valence-electron chi connectivity index (χ1n) is 13.6. The summed E-state index contributed by atoms with van der Waals surface area (Å²) in [5, 5.41) is 4.27. The number of ether oxygens (including phenoxy) is 1. The third-order valence-corrected chi connectivity index (χ3v) is 7.17.